The van der Waals surface area contributed by atoms with Crippen molar-refractivity contribution in [2.24, 2.45) is 0 Å². The van der Waals surface area contributed by atoms with Gasteiger partial charge in [-0.1, -0.05) is 0 Å². The summed E-state index contributed by atoms with van der Waals surface area (Å²) in [5, 5.41) is 10.2. The van der Waals surface area contributed by atoms with E-state index in [1.807, 2.05) is 0 Å². The smallest absolute Gasteiger partial charge is 0.293 e. The molecule has 1 amide bonds. The lowest BCUT2D eigenvalue weighted by Crippen LogP contribution is -2.14. The van der Waals surface area contributed by atoms with E-state index in [-0.39, 0.29) is 16.9 Å². The Labute approximate surface area is 102 Å². The lowest BCUT2D eigenvalue weighted by atomic mass is 10.4. The quantitative estimate of drug-likeness (QED) is 0.884. The molecule has 7 heteroatoms. The van der Waals surface area contributed by atoms with Gasteiger partial charge in [-0.15, -0.1) is 5.10 Å². The molecule has 0 unspecified atom stereocenters. The highest BCUT2D eigenvalue weighted by molar-refractivity contribution is 6.29. The van der Waals surface area contributed by atoms with Crippen LogP contribution in [-0.2, 0) is 0 Å². The molecular weight excluding hydrogens is 244 g/mol. The largest absolute Gasteiger partial charge is 0.440 e. The van der Waals surface area contributed by atoms with Gasteiger partial charge in [0.1, 0.15) is 0 Å². The molecule has 0 saturated carbocycles. The van der Waals surface area contributed by atoms with Gasteiger partial charge in [-0.05, 0) is 37.6 Å². The number of aryl methyl sites for hydroxylation is 2. The molecule has 6 nitrogen and oxygen atoms in total. The first-order valence-corrected chi connectivity index (χ1v) is 5.18. The second-order valence-corrected chi connectivity index (χ2v) is 3.74. The molecule has 2 heterocycles. The van der Waals surface area contributed by atoms with Gasteiger partial charge in [0.05, 0.1) is 11.4 Å². The minimum Gasteiger partial charge on any atom is -0.440 e. The van der Waals surface area contributed by atoms with Crippen LogP contribution in [0, 0.1) is 13.8 Å². The highest BCUT2D eigenvalue weighted by Gasteiger charge is 2.12. The Morgan fingerprint density at radius 2 is 2.06 bits per heavy atom. The molecule has 0 aromatic carbocycles. The summed E-state index contributed by atoms with van der Waals surface area (Å²) >= 11 is 5.56. The van der Waals surface area contributed by atoms with E-state index >= 15 is 0 Å². The number of rotatable bonds is 2. The van der Waals surface area contributed by atoms with Crippen LogP contribution < -0.4 is 5.32 Å². The summed E-state index contributed by atoms with van der Waals surface area (Å²) in [6.07, 6.45) is 0. The fourth-order valence-corrected chi connectivity index (χ4v) is 1.26. The van der Waals surface area contributed by atoms with Crippen LogP contribution in [0.4, 0.5) is 5.95 Å². The Hall–Kier alpha value is -1.95. The van der Waals surface area contributed by atoms with Crippen LogP contribution in [0.3, 0.4) is 0 Å². The van der Waals surface area contributed by atoms with E-state index in [1.165, 1.54) is 12.1 Å². The van der Waals surface area contributed by atoms with Gasteiger partial charge in [0.2, 0.25) is 5.95 Å². The summed E-state index contributed by atoms with van der Waals surface area (Å²) in [6, 6.07) is 2.95. The van der Waals surface area contributed by atoms with Crippen molar-refractivity contribution in [3.8, 4) is 0 Å². The number of furan rings is 1. The molecule has 0 aliphatic heterocycles. The number of amides is 1. The Morgan fingerprint density at radius 1 is 1.29 bits per heavy atom. The van der Waals surface area contributed by atoms with Gasteiger partial charge in [-0.25, -0.2) is 4.98 Å². The molecule has 2 aromatic rings. The monoisotopic (exact) mass is 252 g/mol. The molecule has 0 atom stereocenters. The molecule has 0 bridgehead atoms. The molecule has 0 spiro atoms. The number of anilines is 1. The summed E-state index contributed by atoms with van der Waals surface area (Å²) in [7, 11) is 0. The lowest BCUT2D eigenvalue weighted by molar-refractivity contribution is 0.0995. The van der Waals surface area contributed by atoms with Gasteiger partial charge in [-0.2, -0.15) is 5.10 Å². The number of nitrogens with zero attached hydrogens (tertiary/aromatic N) is 3. The number of hydrogen-bond acceptors (Lipinski definition) is 5. The van der Waals surface area contributed by atoms with Crippen LogP contribution in [0.5, 0.6) is 0 Å². The average Bonchev–Trinajstić information content (AvgIpc) is 2.70. The van der Waals surface area contributed by atoms with Gasteiger partial charge in [-0.3, -0.25) is 10.1 Å². The van der Waals surface area contributed by atoms with E-state index in [1.54, 1.807) is 13.8 Å². The highest BCUT2D eigenvalue weighted by Crippen LogP contribution is 2.14. The number of carbonyl (C=O) groups is 1. The third-order valence-electron chi connectivity index (χ3n) is 2.11. The highest BCUT2D eigenvalue weighted by atomic mass is 35.5. The first-order chi connectivity index (χ1) is 8.06. The van der Waals surface area contributed by atoms with E-state index in [4.69, 9.17) is 16.0 Å². The number of aromatic nitrogens is 3. The molecule has 2 rings (SSSR count). The van der Waals surface area contributed by atoms with Gasteiger partial charge < -0.3 is 4.42 Å². The molecule has 0 aliphatic carbocycles. The first kappa shape index (κ1) is 11.5. The SMILES string of the molecule is Cc1nnc(NC(=O)c2ccc(Cl)o2)nc1C. The van der Waals surface area contributed by atoms with Crippen LogP contribution in [0.15, 0.2) is 16.5 Å². The topological polar surface area (TPSA) is 80.9 Å². The maximum absolute atomic E-state index is 11.7. The first-order valence-electron chi connectivity index (χ1n) is 4.81. The fraction of sp³-hybridized carbons (Fsp3) is 0.200. The molecule has 88 valence electrons. The predicted molar refractivity (Wildman–Crippen MR) is 61.0 cm³/mol. The maximum atomic E-state index is 11.7. The fourth-order valence-electron chi connectivity index (χ4n) is 1.11. The van der Waals surface area contributed by atoms with Crippen LogP contribution in [0.25, 0.3) is 0 Å². The van der Waals surface area contributed by atoms with Crippen LogP contribution >= 0.6 is 11.6 Å². The van der Waals surface area contributed by atoms with Crippen molar-refractivity contribution in [3.63, 3.8) is 0 Å². The van der Waals surface area contributed by atoms with E-state index < -0.39 is 5.91 Å². The van der Waals surface area contributed by atoms with Crippen molar-refractivity contribution in [2.45, 2.75) is 13.8 Å². The van der Waals surface area contributed by atoms with Gasteiger partial charge in [0.25, 0.3) is 5.91 Å². The zero-order valence-corrected chi connectivity index (χ0v) is 9.95. The minimum atomic E-state index is -0.470. The van der Waals surface area contributed by atoms with E-state index in [0.717, 1.165) is 0 Å². The van der Waals surface area contributed by atoms with Gasteiger partial charge in [0.15, 0.2) is 11.0 Å². The van der Waals surface area contributed by atoms with Crippen molar-refractivity contribution in [1.29, 1.82) is 0 Å². The number of halogens is 1. The Balaban J connectivity index is 2.15. The Morgan fingerprint density at radius 3 is 2.65 bits per heavy atom. The van der Waals surface area contributed by atoms with Crippen LogP contribution in [0.1, 0.15) is 21.9 Å². The lowest BCUT2D eigenvalue weighted by Gasteiger charge is -2.02. The van der Waals surface area contributed by atoms with E-state index in [0.29, 0.717) is 11.4 Å². The van der Waals surface area contributed by atoms with Gasteiger partial charge >= 0.3 is 0 Å². The zero-order chi connectivity index (χ0) is 12.4. The normalized spacial score (nSPS) is 10.3. The van der Waals surface area contributed by atoms with E-state index in [2.05, 4.69) is 20.5 Å². The van der Waals surface area contributed by atoms with Crippen molar-refractivity contribution in [1.82, 2.24) is 15.2 Å². The Kier molecular flexibility index (Phi) is 3.06. The second kappa shape index (κ2) is 4.50. The molecule has 2 aromatic heterocycles. The average molecular weight is 253 g/mol. The number of carbonyl (C=O) groups excluding carboxylic acids is 1. The van der Waals surface area contributed by atoms with Crippen molar-refractivity contribution >= 4 is 23.5 Å². The molecule has 0 aliphatic rings. The molecule has 1 N–H and O–H groups in total. The van der Waals surface area contributed by atoms with Crippen molar-refractivity contribution in [2.75, 3.05) is 5.32 Å². The summed E-state index contributed by atoms with van der Waals surface area (Å²) in [5.74, 6) is -0.246. The van der Waals surface area contributed by atoms with Crippen molar-refractivity contribution < 1.29 is 9.21 Å². The molecule has 17 heavy (non-hydrogen) atoms. The van der Waals surface area contributed by atoms with Crippen molar-refractivity contribution in [3.05, 3.63) is 34.5 Å². The zero-order valence-electron chi connectivity index (χ0n) is 9.19. The predicted octanol–water partition coefficient (Wildman–Crippen LogP) is 1.99. The van der Waals surface area contributed by atoms with Crippen LogP contribution in [-0.4, -0.2) is 21.1 Å². The molecule has 0 fully saturated rings. The third kappa shape index (κ3) is 2.59. The number of hydrogen-bond donors (Lipinski definition) is 1. The Bertz CT molecular complexity index is 567. The summed E-state index contributed by atoms with van der Waals surface area (Å²) in [6.45, 7) is 3.57. The van der Waals surface area contributed by atoms with Gasteiger partial charge in [0, 0.05) is 0 Å². The molecular formula is C10H9ClN4O2. The van der Waals surface area contributed by atoms with Crippen LogP contribution in [0.2, 0.25) is 5.22 Å². The molecule has 0 radical (unpaired) electrons. The van der Waals surface area contributed by atoms with E-state index in [9.17, 15) is 4.79 Å². The standard InChI is InChI=1S/C10H9ClN4O2/c1-5-6(2)14-15-10(12-5)13-9(16)7-3-4-8(11)17-7/h3-4H,1-2H3,(H,12,13,15,16). The maximum Gasteiger partial charge on any atom is 0.293 e. The summed E-state index contributed by atoms with van der Waals surface area (Å²) in [4.78, 5) is 15.7. The summed E-state index contributed by atoms with van der Waals surface area (Å²) in [5.41, 5.74) is 1.41. The molecule has 0 saturated heterocycles. The minimum absolute atomic E-state index is 0.0943. The second-order valence-electron chi connectivity index (χ2n) is 3.36. The summed E-state index contributed by atoms with van der Waals surface area (Å²) < 4.78 is 4.95. The third-order valence-corrected chi connectivity index (χ3v) is 2.32. The number of nitrogens with one attached hydrogen (secondary N) is 1.